The number of ether oxygens (including phenoxy) is 1. The van der Waals surface area contributed by atoms with Crippen molar-refractivity contribution in [2.75, 3.05) is 25.5 Å². The molecule has 1 fully saturated rings. The second-order valence-corrected chi connectivity index (χ2v) is 10.0. The van der Waals surface area contributed by atoms with E-state index in [0.717, 1.165) is 44.2 Å². The molecule has 1 aromatic carbocycles. The Balaban J connectivity index is 1.61. The van der Waals surface area contributed by atoms with E-state index in [4.69, 9.17) is 4.74 Å². The number of aryl methyl sites for hydroxylation is 2. The summed E-state index contributed by atoms with van der Waals surface area (Å²) < 4.78 is 32.7. The SMILES string of the molecule is COc1ccc(C(=O)Nc2nc3c(s2)CCCC3)cc1S(=O)(=O)N1CCCC1. The van der Waals surface area contributed by atoms with Crippen LogP contribution in [0.15, 0.2) is 23.1 Å². The van der Waals surface area contributed by atoms with Gasteiger partial charge in [0.2, 0.25) is 10.0 Å². The molecule has 2 heterocycles. The molecule has 1 aromatic heterocycles. The van der Waals surface area contributed by atoms with Crippen molar-refractivity contribution in [2.24, 2.45) is 0 Å². The number of thiazole rings is 1. The highest BCUT2D eigenvalue weighted by molar-refractivity contribution is 7.89. The number of carbonyl (C=O) groups is 1. The highest BCUT2D eigenvalue weighted by Crippen LogP contribution is 2.32. The van der Waals surface area contributed by atoms with E-state index in [1.165, 1.54) is 39.8 Å². The maximum Gasteiger partial charge on any atom is 0.257 e. The van der Waals surface area contributed by atoms with Crippen LogP contribution in [-0.2, 0) is 22.9 Å². The van der Waals surface area contributed by atoms with Gasteiger partial charge in [-0.1, -0.05) is 0 Å². The summed E-state index contributed by atoms with van der Waals surface area (Å²) in [5, 5.41) is 3.39. The normalized spacial score (nSPS) is 17.3. The monoisotopic (exact) mass is 421 g/mol. The quantitative estimate of drug-likeness (QED) is 0.802. The first-order valence-corrected chi connectivity index (χ1v) is 11.7. The summed E-state index contributed by atoms with van der Waals surface area (Å²) in [7, 11) is -2.27. The molecule has 0 saturated carbocycles. The average Bonchev–Trinajstić information content (AvgIpc) is 3.37. The Kier molecular flexibility index (Phi) is 5.39. The standard InChI is InChI=1S/C19H23N3O4S2/c1-26-15-9-8-13(12-17(15)28(24,25)22-10-4-5-11-22)18(23)21-19-20-14-6-2-3-7-16(14)27-19/h8-9,12H,2-7,10-11H2,1H3,(H,20,21,23). The van der Waals surface area contributed by atoms with Crippen molar-refractivity contribution in [2.45, 2.75) is 43.4 Å². The minimum absolute atomic E-state index is 0.0305. The van der Waals surface area contributed by atoms with Crippen molar-refractivity contribution in [1.29, 1.82) is 0 Å². The van der Waals surface area contributed by atoms with Gasteiger partial charge in [-0.3, -0.25) is 10.1 Å². The number of nitrogens with zero attached hydrogens (tertiary/aromatic N) is 2. The zero-order valence-electron chi connectivity index (χ0n) is 15.7. The molecule has 2 aliphatic rings. The zero-order valence-corrected chi connectivity index (χ0v) is 17.4. The van der Waals surface area contributed by atoms with Gasteiger partial charge in [0.05, 0.1) is 12.8 Å². The van der Waals surface area contributed by atoms with Crippen LogP contribution in [0.4, 0.5) is 5.13 Å². The summed E-state index contributed by atoms with van der Waals surface area (Å²) in [6, 6.07) is 4.50. The van der Waals surface area contributed by atoms with E-state index in [2.05, 4.69) is 10.3 Å². The van der Waals surface area contributed by atoms with E-state index in [9.17, 15) is 13.2 Å². The van der Waals surface area contributed by atoms with Crippen LogP contribution < -0.4 is 10.1 Å². The molecule has 1 N–H and O–H groups in total. The van der Waals surface area contributed by atoms with Crippen LogP contribution in [0.2, 0.25) is 0 Å². The van der Waals surface area contributed by atoms with E-state index < -0.39 is 10.0 Å². The summed E-state index contributed by atoms with van der Waals surface area (Å²) in [6.45, 7) is 0.985. The molecule has 150 valence electrons. The van der Waals surface area contributed by atoms with Crippen LogP contribution >= 0.6 is 11.3 Å². The van der Waals surface area contributed by atoms with Crippen molar-refractivity contribution in [1.82, 2.24) is 9.29 Å². The Morgan fingerprint density at radius 2 is 1.93 bits per heavy atom. The van der Waals surface area contributed by atoms with Gasteiger partial charge in [-0.15, -0.1) is 11.3 Å². The fourth-order valence-corrected chi connectivity index (χ4v) is 6.41. The second-order valence-electron chi connectivity index (χ2n) is 7.03. The van der Waals surface area contributed by atoms with Crippen molar-refractivity contribution in [3.05, 3.63) is 34.3 Å². The van der Waals surface area contributed by atoms with Crippen LogP contribution in [0.1, 0.15) is 46.6 Å². The molecule has 1 saturated heterocycles. The van der Waals surface area contributed by atoms with Crippen molar-refractivity contribution in [3.63, 3.8) is 0 Å². The number of sulfonamides is 1. The molecular weight excluding hydrogens is 398 g/mol. The van der Waals surface area contributed by atoms with Gasteiger partial charge in [-0.25, -0.2) is 13.4 Å². The molecule has 9 heteroatoms. The molecule has 0 radical (unpaired) electrons. The molecule has 0 bridgehead atoms. The van der Waals surface area contributed by atoms with Crippen LogP contribution in [0.3, 0.4) is 0 Å². The Morgan fingerprint density at radius 1 is 1.18 bits per heavy atom. The topological polar surface area (TPSA) is 88.6 Å². The number of benzene rings is 1. The Labute approximate surface area is 168 Å². The summed E-state index contributed by atoms with van der Waals surface area (Å²) >= 11 is 1.50. The lowest BCUT2D eigenvalue weighted by molar-refractivity contribution is 0.102. The number of aromatic nitrogens is 1. The summed E-state index contributed by atoms with van der Waals surface area (Å²) in [6.07, 6.45) is 5.91. The summed E-state index contributed by atoms with van der Waals surface area (Å²) in [5.74, 6) is -0.125. The molecule has 7 nitrogen and oxygen atoms in total. The molecule has 0 spiro atoms. The van der Waals surface area contributed by atoms with Gasteiger partial charge in [-0.2, -0.15) is 4.31 Å². The molecular formula is C19H23N3O4S2. The third kappa shape index (κ3) is 3.66. The van der Waals surface area contributed by atoms with Crippen LogP contribution in [-0.4, -0.2) is 43.8 Å². The average molecular weight is 422 g/mol. The molecule has 2 aromatic rings. The van der Waals surface area contributed by atoms with Crippen LogP contribution in [0, 0.1) is 0 Å². The maximum absolute atomic E-state index is 13.0. The van der Waals surface area contributed by atoms with Gasteiger partial charge in [-0.05, 0) is 56.7 Å². The number of amides is 1. The van der Waals surface area contributed by atoms with E-state index in [0.29, 0.717) is 18.2 Å². The van der Waals surface area contributed by atoms with E-state index in [1.807, 2.05) is 0 Å². The lowest BCUT2D eigenvalue weighted by Crippen LogP contribution is -2.28. The maximum atomic E-state index is 13.0. The Morgan fingerprint density at radius 3 is 2.64 bits per heavy atom. The molecule has 28 heavy (non-hydrogen) atoms. The lowest BCUT2D eigenvalue weighted by Gasteiger charge is -2.18. The number of hydrogen-bond donors (Lipinski definition) is 1. The fourth-order valence-electron chi connectivity index (χ4n) is 3.66. The highest BCUT2D eigenvalue weighted by atomic mass is 32.2. The van der Waals surface area contributed by atoms with E-state index in [-0.39, 0.29) is 22.1 Å². The van der Waals surface area contributed by atoms with Crippen molar-refractivity contribution in [3.8, 4) is 5.75 Å². The van der Waals surface area contributed by atoms with Crippen molar-refractivity contribution >= 4 is 32.4 Å². The molecule has 1 aliphatic heterocycles. The van der Waals surface area contributed by atoms with Gasteiger partial charge in [0.25, 0.3) is 5.91 Å². The minimum Gasteiger partial charge on any atom is -0.495 e. The highest BCUT2D eigenvalue weighted by Gasteiger charge is 2.30. The number of fused-ring (bicyclic) bond motifs is 1. The van der Waals surface area contributed by atoms with Gasteiger partial charge >= 0.3 is 0 Å². The first kappa shape index (κ1) is 19.4. The minimum atomic E-state index is -3.70. The predicted octanol–water partition coefficient (Wildman–Crippen LogP) is 3.07. The largest absolute Gasteiger partial charge is 0.495 e. The van der Waals surface area contributed by atoms with Crippen LogP contribution in [0.5, 0.6) is 5.75 Å². The number of methoxy groups -OCH3 is 1. The zero-order chi connectivity index (χ0) is 19.7. The molecule has 0 atom stereocenters. The number of anilines is 1. The predicted molar refractivity (Wildman–Crippen MR) is 108 cm³/mol. The molecule has 1 amide bonds. The number of carbonyl (C=O) groups excluding carboxylic acids is 1. The molecule has 1 aliphatic carbocycles. The van der Waals surface area contributed by atoms with Gasteiger partial charge in [0.15, 0.2) is 5.13 Å². The van der Waals surface area contributed by atoms with Gasteiger partial charge < -0.3 is 4.74 Å². The first-order chi connectivity index (χ1) is 13.5. The smallest absolute Gasteiger partial charge is 0.257 e. The Hall–Kier alpha value is -1.97. The van der Waals surface area contributed by atoms with E-state index >= 15 is 0 Å². The number of nitrogens with one attached hydrogen (secondary N) is 1. The lowest BCUT2D eigenvalue weighted by atomic mass is 10.0. The van der Waals surface area contributed by atoms with Gasteiger partial charge in [0, 0.05) is 23.5 Å². The number of hydrogen-bond acceptors (Lipinski definition) is 6. The third-order valence-corrected chi connectivity index (χ3v) is 8.17. The Bertz CT molecular complexity index is 971. The fraction of sp³-hybridized carbons (Fsp3) is 0.474. The second kappa shape index (κ2) is 7.81. The van der Waals surface area contributed by atoms with Crippen molar-refractivity contribution < 1.29 is 17.9 Å². The molecule has 4 rings (SSSR count). The summed E-state index contributed by atoms with van der Waals surface area (Å²) in [5.41, 5.74) is 1.34. The van der Waals surface area contributed by atoms with E-state index in [1.54, 1.807) is 6.07 Å². The summed E-state index contributed by atoms with van der Waals surface area (Å²) in [4.78, 5) is 18.5. The number of rotatable bonds is 5. The van der Waals surface area contributed by atoms with Crippen LogP contribution in [0.25, 0.3) is 0 Å². The molecule has 0 unspecified atom stereocenters. The van der Waals surface area contributed by atoms with Gasteiger partial charge in [0.1, 0.15) is 10.6 Å². The third-order valence-electron chi connectivity index (χ3n) is 5.17. The first-order valence-electron chi connectivity index (χ1n) is 9.47.